The molecular formula is C44H37N. The van der Waals surface area contributed by atoms with Gasteiger partial charge in [-0.15, -0.1) is 0 Å². The zero-order valence-electron chi connectivity index (χ0n) is 26.2. The van der Waals surface area contributed by atoms with E-state index in [1.165, 1.54) is 71.9 Å². The van der Waals surface area contributed by atoms with Crippen molar-refractivity contribution in [2.45, 2.75) is 39.0 Å². The van der Waals surface area contributed by atoms with Crippen molar-refractivity contribution in [3.05, 3.63) is 162 Å². The highest BCUT2D eigenvalue weighted by Gasteiger charge is 2.35. The number of fused-ring (bicyclic) bond motifs is 6. The van der Waals surface area contributed by atoms with Gasteiger partial charge >= 0.3 is 0 Å². The maximum absolute atomic E-state index is 2.46. The zero-order chi connectivity index (χ0) is 30.5. The van der Waals surface area contributed by atoms with Crippen LogP contribution in [-0.4, -0.2) is 0 Å². The van der Waals surface area contributed by atoms with Gasteiger partial charge in [0.05, 0.1) is 5.69 Å². The Hall–Kier alpha value is -5.14. The largest absolute Gasteiger partial charge is 0.310 e. The molecule has 0 fully saturated rings. The smallest absolute Gasteiger partial charge is 0.0540 e. The minimum atomic E-state index is -0.0740. The molecular weight excluding hydrogens is 542 g/mol. The van der Waals surface area contributed by atoms with E-state index in [-0.39, 0.29) is 5.41 Å². The molecule has 1 aliphatic rings. The van der Waals surface area contributed by atoms with Crippen LogP contribution in [0.15, 0.2) is 146 Å². The molecule has 0 aliphatic heterocycles. The maximum atomic E-state index is 2.46. The summed E-state index contributed by atoms with van der Waals surface area (Å²) in [6.45, 7) is 6.98. The van der Waals surface area contributed by atoms with Crippen LogP contribution in [0, 0.1) is 0 Å². The van der Waals surface area contributed by atoms with Crippen LogP contribution >= 0.6 is 0 Å². The van der Waals surface area contributed by atoms with Gasteiger partial charge in [0.25, 0.3) is 0 Å². The van der Waals surface area contributed by atoms with Gasteiger partial charge in [0.15, 0.2) is 0 Å². The fourth-order valence-electron chi connectivity index (χ4n) is 7.55. The summed E-state index contributed by atoms with van der Waals surface area (Å²) in [6, 6.07) is 53.9. The van der Waals surface area contributed by atoms with Gasteiger partial charge in [0.2, 0.25) is 0 Å². The molecule has 0 heterocycles. The molecule has 0 bridgehead atoms. The first-order valence-electron chi connectivity index (χ1n) is 16.2. The van der Waals surface area contributed by atoms with Crippen LogP contribution in [0.5, 0.6) is 0 Å². The fourth-order valence-corrected chi connectivity index (χ4v) is 7.55. The lowest BCUT2D eigenvalue weighted by molar-refractivity contribution is 0.660. The number of hydrogen-bond acceptors (Lipinski definition) is 1. The summed E-state index contributed by atoms with van der Waals surface area (Å²) in [6.07, 6.45) is 2.23. The van der Waals surface area contributed by atoms with E-state index in [0.29, 0.717) is 0 Å². The standard InChI is InChI=1S/C44H37N/c1-4-12-32-15-10-17-36-35(32)27-28-40-37(36)18-11-20-43(40)45(33-23-21-31(22-24-33)30-13-6-5-7-14-30)34-25-26-39-38-16-8-9-19-41(38)44(2,3)42(39)29-34/h5-11,13-29H,4,12H2,1-3H3. The lowest BCUT2D eigenvalue weighted by Gasteiger charge is -2.29. The van der Waals surface area contributed by atoms with Gasteiger partial charge < -0.3 is 4.90 Å². The molecule has 1 heteroatoms. The Kier molecular flexibility index (Phi) is 6.57. The van der Waals surface area contributed by atoms with Gasteiger partial charge in [-0.3, -0.25) is 0 Å². The summed E-state index contributed by atoms with van der Waals surface area (Å²) < 4.78 is 0. The van der Waals surface area contributed by atoms with Crippen molar-refractivity contribution in [1.82, 2.24) is 0 Å². The molecule has 0 spiro atoms. The molecule has 0 aromatic heterocycles. The van der Waals surface area contributed by atoms with Gasteiger partial charge in [-0.1, -0.05) is 142 Å². The summed E-state index contributed by atoms with van der Waals surface area (Å²) in [5.41, 5.74) is 12.8. The summed E-state index contributed by atoms with van der Waals surface area (Å²) >= 11 is 0. The first-order chi connectivity index (χ1) is 22.0. The van der Waals surface area contributed by atoms with Gasteiger partial charge in [-0.05, 0) is 91.9 Å². The molecule has 1 aliphatic carbocycles. The number of benzene rings is 7. The van der Waals surface area contributed by atoms with Crippen molar-refractivity contribution in [3.8, 4) is 22.3 Å². The van der Waals surface area contributed by atoms with Crippen molar-refractivity contribution in [2.75, 3.05) is 4.90 Å². The van der Waals surface area contributed by atoms with Crippen molar-refractivity contribution >= 4 is 38.6 Å². The molecule has 218 valence electrons. The molecule has 0 unspecified atom stereocenters. The Morgan fingerprint density at radius 2 is 1.13 bits per heavy atom. The predicted molar refractivity (Wildman–Crippen MR) is 193 cm³/mol. The molecule has 0 N–H and O–H groups in total. The monoisotopic (exact) mass is 579 g/mol. The average molecular weight is 580 g/mol. The van der Waals surface area contributed by atoms with Crippen LogP contribution in [0.25, 0.3) is 43.8 Å². The summed E-state index contributed by atoms with van der Waals surface area (Å²) in [5.74, 6) is 0. The topological polar surface area (TPSA) is 3.24 Å². The Bertz CT molecular complexity index is 2190. The van der Waals surface area contributed by atoms with Crippen LogP contribution in [0.1, 0.15) is 43.9 Å². The molecule has 0 radical (unpaired) electrons. The SMILES string of the molecule is CCCc1cccc2c1ccc1c(N(c3ccc(-c4ccccc4)cc3)c3ccc4c(c3)C(C)(C)c3ccccc3-4)cccc12. The van der Waals surface area contributed by atoms with Gasteiger partial charge in [-0.25, -0.2) is 0 Å². The van der Waals surface area contributed by atoms with E-state index in [1.807, 2.05) is 0 Å². The van der Waals surface area contributed by atoms with E-state index in [2.05, 4.69) is 171 Å². The zero-order valence-corrected chi connectivity index (χ0v) is 26.2. The van der Waals surface area contributed by atoms with Crippen molar-refractivity contribution in [2.24, 2.45) is 0 Å². The second-order valence-corrected chi connectivity index (χ2v) is 12.8. The minimum Gasteiger partial charge on any atom is -0.310 e. The molecule has 45 heavy (non-hydrogen) atoms. The third kappa shape index (κ3) is 4.46. The number of nitrogens with zero attached hydrogens (tertiary/aromatic N) is 1. The number of hydrogen-bond donors (Lipinski definition) is 0. The summed E-state index contributed by atoms with van der Waals surface area (Å²) in [5, 5.41) is 5.24. The highest BCUT2D eigenvalue weighted by Crippen LogP contribution is 2.51. The van der Waals surface area contributed by atoms with E-state index in [0.717, 1.165) is 18.5 Å². The Balaban J connectivity index is 1.34. The third-order valence-electron chi connectivity index (χ3n) is 9.80. The molecule has 1 nitrogen and oxygen atoms in total. The molecule has 0 amide bonds. The average Bonchev–Trinajstić information content (AvgIpc) is 3.32. The van der Waals surface area contributed by atoms with E-state index in [9.17, 15) is 0 Å². The van der Waals surface area contributed by atoms with E-state index >= 15 is 0 Å². The van der Waals surface area contributed by atoms with E-state index in [1.54, 1.807) is 0 Å². The van der Waals surface area contributed by atoms with Gasteiger partial charge in [0.1, 0.15) is 0 Å². The molecule has 7 aromatic rings. The van der Waals surface area contributed by atoms with Crippen LogP contribution in [-0.2, 0) is 11.8 Å². The molecule has 0 saturated heterocycles. The first kappa shape index (κ1) is 27.4. The molecule has 0 saturated carbocycles. The summed E-state index contributed by atoms with van der Waals surface area (Å²) in [4.78, 5) is 2.46. The second-order valence-electron chi connectivity index (χ2n) is 12.8. The first-order valence-corrected chi connectivity index (χ1v) is 16.2. The molecule has 0 atom stereocenters. The van der Waals surface area contributed by atoms with Gasteiger partial charge in [-0.2, -0.15) is 0 Å². The van der Waals surface area contributed by atoms with Gasteiger partial charge in [0, 0.05) is 22.2 Å². The Labute approximate surface area is 266 Å². The molecule has 8 rings (SSSR count). The lowest BCUT2D eigenvalue weighted by Crippen LogP contribution is -2.16. The summed E-state index contributed by atoms with van der Waals surface area (Å²) in [7, 11) is 0. The number of rotatable bonds is 6. The lowest BCUT2D eigenvalue weighted by atomic mass is 9.82. The van der Waals surface area contributed by atoms with Crippen LogP contribution < -0.4 is 4.90 Å². The molecule has 7 aromatic carbocycles. The van der Waals surface area contributed by atoms with E-state index in [4.69, 9.17) is 0 Å². The highest BCUT2D eigenvalue weighted by atomic mass is 15.1. The quantitative estimate of drug-likeness (QED) is 0.177. The van der Waals surface area contributed by atoms with Crippen LogP contribution in [0.3, 0.4) is 0 Å². The Morgan fingerprint density at radius 3 is 1.93 bits per heavy atom. The van der Waals surface area contributed by atoms with Crippen LogP contribution in [0.2, 0.25) is 0 Å². The van der Waals surface area contributed by atoms with Crippen molar-refractivity contribution in [1.29, 1.82) is 0 Å². The normalized spacial score (nSPS) is 13.1. The van der Waals surface area contributed by atoms with Crippen molar-refractivity contribution in [3.63, 3.8) is 0 Å². The fraction of sp³-hybridized carbons (Fsp3) is 0.136. The predicted octanol–water partition coefficient (Wildman–Crippen LogP) is 12.4. The second kappa shape index (κ2) is 10.8. The van der Waals surface area contributed by atoms with Crippen LogP contribution in [0.4, 0.5) is 17.1 Å². The highest BCUT2D eigenvalue weighted by molar-refractivity contribution is 6.13. The number of aryl methyl sites for hydroxylation is 1. The van der Waals surface area contributed by atoms with Crippen molar-refractivity contribution < 1.29 is 0 Å². The number of anilines is 3. The minimum absolute atomic E-state index is 0.0740. The Morgan fingerprint density at radius 1 is 0.489 bits per heavy atom. The third-order valence-corrected chi connectivity index (χ3v) is 9.80. The van der Waals surface area contributed by atoms with E-state index < -0.39 is 0 Å². The maximum Gasteiger partial charge on any atom is 0.0540 e.